The second-order valence-corrected chi connectivity index (χ2v) is 4.29. The molecule has 0 heterocycles. The van der Waals surface area contributed by atoms with E-state index in [0.717, 1.165) is 24.9 Å². The summed E-state index contributed by atoms with van der Waals surface area (Å²) < 4.78 is 5.33. The third-order valence-electron chi connectivity index (χ3n) is 2.70. The fourth-order valence-electron chi connectivity index (χ4n) is 1.78. The van der Waals surface area contributed by atoms with Crippen LogP contribution in [0.1, 0.15) is 43.7 Å². The molecule has 0 bridgehead atoms. The van der Waals surface area contributed by atoms with Gasteiger partial charge in [0.25, 0.3) is 0 Å². The van der Waals surface area contributed by atoms with E-state index in [1.54, 1.807) is 7.11 Å². The van der Waals surface area contributed by atoms with Gasteiger partial charge in [-0.3, -0.25) is 0 Å². The Bertz CT molecular complexity index is 343. The molecule has 0 aromatic heterocycles. The highest BCUT2D eigenvalue weighted by Gasteiger charge is 2.07. The number of rotatable bonds is 6. The van der Waals surface area contributed by atoms with Gasteiger partial charge in [0.2, 0.25) is 0 Å². The molecule has 0 unspecified atom stereocenters. The Morgan fingerprint density at radius 2 is 2.12 bits per heavy atom. The van der Waals surface area contributed by atoms with Gasteiger partial charge in [-0.2, -0.15) is 0 Å². The van der Waals surface area contributed by atoms with E-state index in [4.69, 9.17) is 4.74 Å². The summed E-state index contributed by atoms with van der Waals surface area (Å²) in [6.45, 7) is 4.32. The van der Waals surface area contributed by atoms with Crippen LogP contribution >= 0.6 is 0 Å². The average molecular weight is 220 g/mol. The zero-order valence-corrected chi connectivity index (χ0v) is 10.3. The standard InChI is InChI=1S/C14H20O2/c1-11(2)13-10-12(6-4-5-9-15)7-8-14(13)16-3/h7-11H,4-6H2,1-3H3. The fourth-order valence-corrected chi connectivity index (χ4v) is 1.78. The predicted octanol–water partition coefficient (Wildman–Crippen LogP) is 3.34. The molecule has 0 amide bonds. The molecule has 1 aromatic rings. The lowest BCUT2D eigenvalue weighted by Gasteiger charge is -2.13. The second-order valence-electron chi connectivity index (χ2n) is 4.29. The summed E-state index contributed by atoms with van der Waals surface area (Å²) in [5.74, 6) is 1.41. The first-order valence-corrected chi connectivity index (χ1v) is 5.79. The number of carbonyl (C=O) groups is 1. The van der Waals surface area contributed by atoms with E-state index in [-0.39, 0.29) is 0 Å². The molecule has 2 nitrogen and oxygen atoms in total. The molecule has 2 heteroatoms. The quantitative estimate of drug-likeness (QED) is 0.543. The van der Waals surface area contributed by atoms with E-state index in [1.807, 2.05) is 6.07 Å². The smallest absolute Gasteiger partial charge is 0.122 e. The summed E-state index contributed by atoms with van der Waals surface area (Å²) in [5.41, 5.74) is 2.53. The molecule has 0 N–H and O–H groups in total. The maximum Gasteiger partial charge on any atom is 0.122 e. The SMILES string of the molecule is COc1ccc(CCCC=O)cc1C(C)C. The van der Waals surface area contributed by atoms with Crippen LogP contribution in [0.2, 0.25) is 0 Å². The lowest BCUT2D eigenvalue weighted by atomic mass is 9.97. The Morgan fingerprint density at radius 1 is 1.38 bits per heavy atom. The van der Waals surface area contributed by atoms with E-state index >= 15 is 0 Å². The van der Waals surface area contributed by atoms with Gasteiger partial charge in [0, 0.05) is 6.42 Å². The summed E-state index contributed by atoms with van der Waals surface area (Å²) in [4.78, 5) is 10.3. The van der Waals surface area contributed by atoms with Crippen LogP contribution < -0.4 is 4.74 Å². The summed E-state index contributed by atoms with van der Waals surface area (Å²) in [7, 11) is 1.70. The Kier molecular flexibility index (Phi) is 5.03. The van der Waals surface area contributed by atoms with Crippen LogP contribution in [0.3, 0.4) is 0 Å². The van der Waals surface area contributed by atoms with Gasteiger partial charge in [-0.15, -0.1) is 0 Å². The van der Waals surface area contributed by atoms with Crippen LogP contribution in [0.15, 0.2) is 18.2 Å². The molecular formula is C14H20O2. The zero-order chi connectivity index (χ0) is 12.0. The van der Waals surface area contributed by atoms with Crippen molar-refractivity contribution in [3.8, 4) is 5.75 Å². The van der Waals surface area contributed by atoms with Crippen molar-refractivity contribution < 1.29 is 9.53 Å². The van der Waals surface area contributed by atoms with Crippen LogP contribution in [0.25, 0.3) is 0 Å². The van der Waals surface area contributed by atoms with Crippen molar-refractivity contribution in [3.63, 3.8) is 0 Å². The van der Waals surface area contributed by atoms with E-state index in [1.165, 1.54) is 11.1 Å². The number of unbranched alkanes of at least 4 members (excludes halogenated alkanes) is 1. The molecule has 0 fully saturated rings. The van der Waals surface area contributed by atoms with Gasteiger partial charge < -0.3 is 9.53 Å². The van der Waals surface area contributed by atoms with Crippen LogP contribution in [0.5, 0.6) is 5.75 Å². The first-order valence-electron chi connectivity index (χ1n) is 5.79. The van der Waals surface area contributed by atoms with E-state index < -0.39 is 0 Å². The number of aldehydes is 1. The Morgan fingerprint density at radius 3 is 2.69 bits per heavy atom. The number of hydrogen-bond acceptors (Lipinski definition) is 2. The van der Waals surface area contributed by atoms with Crippen molar-refractivity contribution in [2.45, 2.75) is 39.0 Å². The van der Waals surface area contributed by atoms with Crippen molar-refractivity contribution >= 4 is 6.29 Å². The average Bonchev–Trinajstić information content (AvgIpc) is 2.29. The molecule has 0 saturated heterocycles. The number of methoxy groups -OCH3 is 1. The number of aryl methyl sites for hydroxylation is 1. The molecule has 88 valence electrons. The largest absolute Gasteiger partial charge is 0.496 e. The van der Waals surface area contributed by atoms with E-state index in [0.29, 0.717) is 12.3 Å². The van der Waals surface area contributed by atoms with Gasteiger partial charge in [-0.25, -0.2) is 0 Å². The maximum absolute atomic E-state index is 10.3. The highest BCUT2D eigenvalue weighted by molar-refractivity contribution is 5.49. The van der Waals surface area contributed by atoms with Gasteiger partial charge in [0.05, 0.1) is 7.11 Å². The number of ether oxygens (including phenoxy) is 1. The molecule has 0 saturated carbocycles. The van der Waals surface area contributed by atoms with Gasteiger partial charge >= 0.3 is 0 Å². The lowest BCUT2D eigenvalue weighted by molar-refractivity contribution is -0.107. The number of hydrogen-bond donors (Lipinski definition) is 0. The highest BCUT2D eigenvalue weighted by Crippen LogP contribution is 2.27. The van der Waals surface area contributed by atoms with Crippen LogP contribution in [0, 0.1) is 0 Å². The highest BCUT2D eigenvalue weighted by atomic mass is 16.5. The number of carbonyl (C=O) groups excluding carboxylic acids is 1. The second kappa shape index (κ2) is 6.31. The molecule has 0 aliphatic heterocycles. The zero-order valence-electron chi connectivity index (χ0n) is 10.3. The van der Waals surface area contributed by atoms with Crippen LogP contribution in [0.4, 0.5) is 0 Å². The van der Waals surface area contributed by atoms with Crippen molar-refractivity contribution in [2.75, 3.05) is 7.11 Å². The number of benzene rings is 1. The fraction of sp³-hybridized carbons (Fsp3) is 0.500. The van der Waals surface area contributed by atoms with E-state index in [2.05, 4.69) is 26.0 Å². The summed E-state index contributed by atoms with van der Waals surface area (Å²) in [6.07, 6.45) is 3.51. The Hall–Kier alpha value is -1.31. The monoisotopic (exact) mass is 220 g/mol. The van der Waals surface area contributed by atoms with Gasteiger partial charge in [0.1, 0.15) is 12.0 Å². The van der Waals surface area contributed by atoms with Gasteiger partial charge in [-0.1, -0.05) is 26.0 Å². The minimum atomic E-state index is 0.459. The molecule has 16 heavy (non-hydrogen) atoms. The normalized spacial score (nSPS) is 10.5. The molecule has 1 rings (SSSR count). The summed E-state index contributed by atoms with van der Waals surface area (Å²) in [6, 6.07) is 6.29. The van der Waals surface area contributed by atoms with Crippen molar-refractivity contribution in [1.29, 1.82) is 0 Å². The predicted molar refractivity (Wildman–Crippen MR) is 66.1 cm³/mol. The van der Waals surface area contributed by atoms with Crippen molar-refractivity contribution in [3.05, 3.63) is 29.3 Å². The molecule has 0 radical (unpaired) electrons. The van der Waals surface area contributed by atoms with Gasteiger partial charge in [-0.05, 0) is 36.0 Å². The van der Waals surface area contributed by atoms with E-state index in [9.17, 15) is 4.79 Å². The molecule has 0 aliphatic carbocycles. The Labute approximate surface area is 97.6 Å². The summed E-state index contributed by atoms with van der Waals surface area (Å²) in [5, 5.41) is 0. The Balaban J connectivity index is 2.80. The first kappa shape index (κ1) is 12.8. The third-order valence-corrected chi connectivity index (χ3v) is 2.70. The van der Waals surface area contributed by atoms with Crippen LogP contribution in [-0.4, -0.2) is 13.4 Å². The lowest BCUT2D eigenvalue weighted by Crippen LogP contribution is -1.96. The molecule has 0 atom stereocenters. The van der Waals surface area contributed by atoms with Crippen molar-refractivity contribution in [1.82, 2.24) is 0 Å². The summed E-state index contributed by atoms with van der Waals surface area (Å²) >= 11 is 0. The first-order chi connectivity index (χ1) is 7.69. The van der Waals surface area contributed by atoms with Gasteiger partial charge in [0.15, 0.2) is 0 Å². The maximum atomic E-state index is 10.3. The molecule has 0 spiro atoms. The molecule has 0 aliphatic rings. The topological polar surface area (TPSA) is 26.3 Å². The molecule has 1 aromatic carbocycles. The third kappa shape index (κ3) is 3.37. The van der Waals surface area contributed by atoms with Crippen molar-refractivity contribution in [2.24, 2.45) is 0 Å². The van der Waals surface area contributed by atoms with Crippen LogP contribution in [-0.2, 0) is 11.2 Å². The molecular weight excluding hydrogens is 200 g/mol. The minimum absolute atomic E-state index is 0.459. The minimum Gasteiger partial charge on any atom is -0.496 e.